The Morgan fingerprint density at radius 1 is 1.06 bits per heavy atom. The Morgan fingerprint density at radius 2 is 1.70 bits per heavy atom. The normalized spacial score (nSPS) is 19.8. The van der Waals surface area contributed by atoms with E-state index in [9.17, 15) is 14.4 Å². The van der Waals surface area contributed by atoms with Gasteiger partial charge >= 0.3 is 12.1 Å². The van der Waals surface area contributed by atoms with Crippen molar-refractivity contribution in [1.29, 1.82) is 0 Å². The molecule has 0 saturated heterocycles. The molecule has 2 aromatic rings. The number of rotatable bonds is 7. The van der Waals surface area contributed by atoms with Crippen LogP contribution < -0.4 is 10.6 Å². The predicted molar refractivity (Wildman–Crippen MR) is 124 cm³/mol. The van der Waals surface area contributed by atoms with Crippen molar-refractivity contribution >= 4 is 18.0 Å². The first-order valence-corrected chi connectivity index (χ1v) is 11.2. The van der Waals surface area contributed by atoms with Crippen LogP contribution in [0.5, 0.6) is 0 Å². The Morgan fingerprint density at radius 3 is 2.33 bits per heavy atom. The monoisotopic (exact) mass is 448 g/mol. The molecule has 3 N–H and O–H groups in total. The first kappa shape index (κ1) is 22.6. The fourth-order valence-corrected chi connectivity index (χ4v) is 4.63. The Kier molecular flexibility index (Phi) is 6.77. The molecule has 2 aliphatic rings. The lowest BCUT2D eigenvalue weighted by Crippen LogP contribution is -2.42. The summed E-state index contributed by atoms with van der Waals surface area (Å²) in [6, 6.07) is 15.5. The molecular formula is C26H28N2O5. The summed E-state index contributed by atoms with van der Waals surface area (Å²) in [6.07, 6.45) is 3.95. The van der Waals surface area contributed by atoms with Gasteiger partial charge in [-0.15, -0.1) is 0 Å². The summed E-state index contributed by atoms with van der Waals surface area (Å²) in [5, 5.41) is 14.7. The van der Waals surface area contributed by atoms with Gasteiger partial charge in [0.2, 0.25) is 5.91 Å². The van der Waals surface area contributed by atoms with E-state index in [0.717, 1.165) is 22.3 Å². The molecule has 0 bridgehead atoms. The Hall–Kier alpha value is -3.61. The lowest BCUT2D eigenvalue weighted by molar-refractivity contribution is -0.142. The number of ether oxygens (including phenoxy) is 1. The van der Waals surface area contributed by atoms with Gasteiger partial charge in [-0.25, -0.2) is 4.79 Å². The molecule has 7 nitrogen and oxygen atoms in total. The van der Waals surface area contributed by atoms with E-state index in [1.165, 1.54) is 0 Å². The number of benzene rings is 2. The van der Waals surface area contributed by atoms with Crippen LogP contribution in [0.4, 0.5) is 4.79 Å². The fourth-order valence-electron chi connectivity index (χ4n) is 4.63. The summed E-state index contributed by atoms with van der Waals surface area (Å²) in [7, 11) is 0. The number of alkyl carbamates (subject to hydrolysis) is 1. The van der Waals surface area contributed by atoms with Crippen LogP contribution in [0.2, 0.25) is 0 Å². The standard InChI is InChI=1S/C26H28N2O5/c1-16(13-24(29)28-18-8-6-7-17(14-18)25(30)31)27-26(32)33-15-23-21-11-4-2-9-19(21)20-10-3-5-12-22(20)23/h2-6,8-12,16-18,23H,7,13-15H2,1H3,(H,27,32)(H,28,29)(H,30,31)/t16-,17+,18+/m1/s1. The fraction of sp³-hybridized carbons (Fsp3) is 0.346. The second-order valence-electron chi connectivity index (χ2n) is 8.68. The number of hydrogen-bond donors (Lipinski definition) is 3. The zero-order chi connectivity index (χ0) is 23.4. The average molecular weight is 449 g/mol. The molecule has 2 aliphatic carbocycles. The summed E-state index contributed by atoms with van der Waals surface area (Å²) in [5.41, 5.74) is 4.60. The second kappa shape index (κ2) is 9.90. The van der Waals surface area contributed by atoms with Gasteiger partial charge in [0.15, 0.2) is 0 Å². The summed E-state index contributed by atoms with van der Waals surface area (Å²) in [6.45, 7) is 1.94. The van der Waals surface area contributed by atoms with Crippen molar-refractivity contribution in [1.82, 2.24) is 10.6 Å². The largest absolute Gasteiger partial charge is 0.481 e. The molecule has 0 fully saturated rings. The molecule has 7 heteroatoms. The molecule has 0 unspecified atom stereocenters. The van der Waals surface area contributed by atoms with Crippen molar-refractivity contribution in [2.75, 3.05) is 6.61 Å². The van der Waals surface area contributed by atoms with Crippen LogP contribution >= 0.6 is 0 Å². The Bertz CT molecular complexity index is 1030. The lowest BCUT2D eigenvalue weighted by atomic mass is 9.91. The molecule has 4 rings (SSSR count). The highest BCUT2D eigenvalue weighted by atomic mass is 16.5. The molecule has 0 radical (unpaired) electrons. The van der Waals surface area contributed by atoms with Gasteiger partial charge in [0.1, 0.15) is 6.61 Å². The number of nitrogens with one attached hydrogen (secondary N) is 2. The number of carbonyl (C=O) groups is 3. The van der Waals surface area contributed by atoms with E-state index in [0.29, 0.717) is 12.8 Å². The summed E-state index contributed by atoms with van der Waals surface area (Å²) < 4.78 is 5.52. The average Bonchev–Trinajstić information content (AvgIpc) is 3.11. The number of hydrogen-bond acceptors (Lipinski definition) is 4. The molecule has 0 heterocycles. The highest BCUT2D eigenvalue weighted by Crippen LogP contribution is 2.44. The molecular weight excluding hydrogens is 420 g/mol. The molecule has 172 valence electrons. The molecule has 33 heavy (non-hydrogen) atoms. The van der Waals surface area contributed by atoms with Crippen LogP contribution in [0.25, 0.3) is 11.1 Å². The predicted octanol–water partition coefficient (Wildman–Crippen LogP) is 3.84. The topological polar surface area (TPSA) is 105 Å². The first-order valence-electron chi connectivity index (χ1n) is 11.2. The van der Waals surface area contributed by atoms with Gasteiger partial charge < -0.3 is 20.5 Å². The molecule has 2 amide bonds. The third-order valence-electron chi connectivity index (χ3n) is 6.22. The summed E-state index contributed by atoms with van der Waals surface area (Å²) >= 11 is 0. The Balaban J connectivity index is 1.26. The quantitative estimate of drug-likeness (QED) is 0.558. The van der Waals surface area contributed by atoms with Crippen molar-refractivity contribution in [2.45, 2.75) is 44.2 Å². The molecule has 0 aliphatic heterocycles. The zero-order valence-corrected chi connectivity index (χ0v) is 18.5. The number of carboxylic acid groups (broad SMARTS) is 1. The maximum Gasteiger partial charge on any atom is 0.407 e. The van der Waals surface area contributed by atoms with E-state index in [4.69, 9.17) is 9.84 Å². The maximum atomic E-state index is 12.4. The molecule has 0 spiro atoms. The van der Waals surface area contributed by atoms with Gasteiger partial charge in [0, 0.05) is 24.4 Å². The number of carboxylic acids is 1. The number of allylic oxidation sites excluding steroid dienone is 1. The van der Waals surface area contributed by atoms with Crippen LogP contribution in [0.15, 0.2) is 60.7 Å². The van der Waals surface area contributed by atoms with Gasteiger partial charge in [0.25, 0.3) is 0 Å². The van der Waals surface area contributed by atoms with E-state index in [2.05, 4.69) is 34.9 Å². The number of amides is 2. The third kappa shape index (κ3) is 5.25. The van der Waals surface area contributed by atoms with Crippen molar-refractivity contribution in [3.63, 3.8) is 0 Å². The zero-order valence-electron chi connectivity index (χ0n) is 18.5. The smallest absolute Gasteiger partial charge is 0.407 e. The van der Waals surface area contributed by atoms with Crippen LogP contribution in [0.1, 0.15) is 43.2 Å². The van der Waals surface area contributed by atoms with E-state index in [-0.39, 0.29) is 30.9 Å². The van der Waals surface area contributed by atoms with Crippen molar-refractivity contribution in [2.24, 2.45) is 5.92 Å². The number of aliphatic carboxylic acids is 1. The van der Waals surface area contributed by atoms with Crippen molar-refractivity contribution in [3.8, 4) is 11.1 Å². The summed E-state index contributed by atoms with van der Waals surface area (Å²) in [4.78, 5) is 35.9. The van der Waals surface area contributed by atoms with Crippen LogP contribution in [-0.2, 0) is 14.3 Å². The maximum absolute atomic E-state index is 12.4. The Labute approximate surface area is 192 Å². The van der Waals surface area contributed by atoms with E-state index >= 15 is 0 Å². The van der Waals surface area contributed by atoms with Gasteiger partial charge in [-0.05, 0) is 42.0 Å². The first-order chi connectivity index (χ1) is 15.9. The van der Waals surface area contributed by atoms with E-state index in [1.807, 2.05) is 30.3 Å². The number of carbonyl (C=O) groups excluding carboxylic acids is 2. The minimum Gasteiger partial charge on any atom is -0.481 e. The van der Waals surface area contributed by atoms with Crippen LogP contribution in [-0.4, -0.2) is 41.8 Å². The minimum absolute atomic E-state index is 0.0259. The third-order valence-corrected chi connectivity index (χ3v) is 6.22. The van der Waals surface area contributed by atoms with E-state index in [1.54, 1.807) is 13.0 Å². The second-order valence-corrected chi connectivity index (χ2v) is 8.68. The van der Waals surface area contributed by atoms with Crippen LogP contribution in [0.3, 0.4) is 0 Å². The highest BCUT2D eigenvalue weighted by Gasteiger charge is 2.29. The summed E-state index contributed by atoms with van der Waals surface area (Å²) in [5.74, 6) is -1.62. The number of fused-ring (bicyclic) bond motifs is 3. The van der Waals surface area contributed by atoms with Gasteiger partial charge in [-0.2, -0.15) is 0 Å². The molecule has 3 atom stereocenters. The van der Waals surface area contributed by atoms with E-state index < -0.39 is 24.0 Å². The van der Waals surface area contributed by atoms with Gasteiger partial charge in [-0.3, -0.25) is 9.59 Å². The minimum atomic E-state index is -0.858. The van der Waals surface area contributed by atoms with Crippen molar-refractivity contribution < 1.29 is 24.2 Å². The van der Waals surface area contributed by atoms with Gasteiger partial charge in [0.05, 0.1) is 5.92 Å². The highest BCUT2D eigenvalue weighted by molar-refractivity contribution is 5.80. The van der Waals surface area contributed by atoms with Crippen LogP contribution in [0, 0.1) is 5.92 Å². The molecule has 0 aromatic heterocycles. The molecule has 0 saturated carbocycles. The van der Waals surface area contributed by atoms with Gasteiger partial charge in [-0.1, -0.05) is 60.7 Å². The van der Waals surface area contributed by atoms with Crippen molar-refractivity contribution in [3.05, 3.63) is 71.8 Å². The lowest BCUT2D eigenvalue weighted by Gasteiger charge is -2.23. The SMILES string of the molecule is C[C@H](CC(=O)N[C@H]1C=CC[C@H](C(=O)O)C1)NC(=O)OCC1c2ccccc2-c2ccccc21. The molecule has 2 aromatic carbocycles.